The molecule has 15 heavy (non-hydrogen) atoms. The smallest absolute Gasteiger partial charge is 0.218 e. The zero-order chi connectivity index (χ0) is 10.7. The lowest BCUT2D eigenvalue weighted by Crippen LogP contribution is -2.00. The van der Waals surface area contributed by atoms with E-state index >= 15 is 0 Å². The van der Waals surface area contributed by atoms with E-state index < -0.39 is 0 Å². The molecule has 0 radical (unpaired) electrons. The van der Waals surface area contributed by atoms with Gasteiger partial charge in [-0.05, 0) is 6.07 Å². The second-order valence-corrected chi connectivity index (χ2v) is 2.77. The minimum absolute atomic E-state index is 0.302. The maximum atomic E-state index is 8.80. The van der Waals surface area contributed by atoms with Gasteiger partial charge in [-0.2, -0.15) is 10.2 Å². The Hall–Kier alpha value is -2.35. The van der Waals surface area contributed by atoms with E-state index in [2.05, 4.69) is 9.97 Å². The van der Waals surface area contributed by atoms with Crippen molar-refractivity contribution in [2.75, 3.05) is 7.11 Å². The highest BCUT2D eigenvalue weighted by Crippen LogP contribution is 2.12. The van der Waals surface area contributed by atoms with Crippen molar-refractivity contribution in [3.8, 4) is 17.8 Å². The molecule has 2 aromatic rings. The fourth-order valence-electron chi connectivity index (χ4n) is 1.22. The van der Waals surface area contributed by atoms with Crippen LogP contribution in [0.1, 0.15) is 5.82 Å². The molecular weight excluding hydrogens is 192 g/mol. The lowest BCUT2D eigenvalue weighted by atomic mass is 10.4. The zero-order valence-corrected chi connectivity index (χ0v) is 8.08. The predicted octanol–water partition coefficient (Wildman–Crippen LogP) is 1.15. The number of aromatic nitrogens is 3. The highest BCUT2D eigenvalue weighted by atomic mass is 16.5. The van der Waals surface area contributed by atoms with Crippen LogP contribution in [0.5, 0.6) is 5.88 Å². The highest BCUT2D eigenvalue weighted by Gasteiger charge is 2.05. The van der Waals surface area contributed by atoms with Crippen LogP contribution in [-0.2, 0) is 0 Å². The van der Waals surface area contributed by atoms with Crippen molar-refractivity contribution in [1.29, 1.82) is 5.26 Å². The molecule has 0 N–H and O–H groups in total. The van der Waals surface area contributed by atoms with E-state index in [0.29, 0.717) is 17.5 Å². The molecule has 2 rings (SSSR count). The molecule has 0 aliphatic carbocycles. The van der Waals surface area contributed by atoms with Crippen molar-refractivity contribution in [3.05, 3.63) is 36.4 Å². The Kier molecular flexibility index (Phi) is 2.33. The molecule has 0 aromatic carbocycles. The van der Waals surface area contributed by atoms with Crippen molar-refractivity contribution >= 4 is 0 Å². The van der Waals surface area contributed by atoms with Crippen molar-refractivity contribution in [2.45, 2.75) is 0 Å². The number of hydrogen-bond donors (Lipinski definition) is 0. The monoisotopic (exact) mass is 200 g/mol. The van der Waals surface area contributed by atoms with E-state index in [1.165, 1.54) is 0 Å². The minimum Gasteiger partial charge on any atom is -0.481 e. The first-order valence-electron chi connectivity index (χ1n) is 4.30. The summed E-state index contributed by atoms with van der Waals surface area (Å²) in [5.74, 6) is 1.42. The van der Waals surface area contributed by atoms with Crippen LogP contribution < -0.4 is 4.74 Å². The topological polar surface area (TPSA) is 63.7 Å². The molecule has 0 fully saturated rings. The van der Waals surface area contributed by atoms with Crippen LogP contribution in [0, 0.1) is 11.3 Å². The van der Waals surface area contributed by atoms with Crippen LogP contribution in [0.4, 0.5) is 0 Å². The summed E-state index contributed by atoms with van der Waals surface area (Å²) in [6.45, 7) is 0. The summed E-state index contributed by atoms with van der Waals surface area (Å²) in [7, 11) is 1.55. The van der Waals surface area contributed by atoms with Gasteiger partial charge in [-0.15, -0.1) is 0 Å². The van der Waals surface area contributed by atoms with Gasteiger partial charge in [0.2, 0.25) is 11.7 Å². The number of rotatable bonds is 2. The number of imidazole rings is 1. The van der Waals surface area contributed by atoms with Crippen molar-refractivity contribution in [1.82, 2.24) is 14.5 Å². The Morgan fingerprint density at radius 3 is 3.07 bits per heavy atom. The average Bonchev–Trinajstić information content (AvgIpc) is 2.77. The van der Waals surface area contributed by atoms with Gasteiger partial charge in [-0.25, -0.2) is 4.98 Å². The third-order valence-electron chi connectivity index (χ3n) is 1.91. The second kappa shape index (κ2) is 3.80. The van der Waals surface area contributed by atoms with Gasteiger partial charge < -0.3 is 4.74 Å². The number of ether oxygens (including phenoxy) is 1. The highest BCUT2D eigenvalue weighted by molar-refractivity contribution is 5.31. The maximum absolute atomic E-state index is 8.80. The van der Waals surface area contributed by atoms with Gasteiger partial charge >= 0.3 is 0 Å². The third kappa shape index (κ3) is 1.65. The Morgan fingerprint density at radius 1 is 1.47 bits per heavy atom. The molecule has 0 amide bonds. The first kappa shape index (κ1) is 9.21. The average molecular weight is 200 g/mol. The molecule has 0 aliphatic heterocycles. The molecule has 0 unspecified atom stereocenters. The van der Waals surface area contributed by atoms with Crippen molar-refractivity contribution < 1.29 is 4.74 Å². The van der Waals surface area contributed by atoms with Crippen LogP contribution in [0.2, 0.25) is 0 Å². The van der Waals surface area contributed by atoms with Gasteiger partial charge in [0, 0.05) is 18.5 Å². The third-order valence-corrected chi connectivity index (χ3v) is 1.91. The molecule has 0 aliphatic rings. The maximum Gasteiger partial charge on any atom is 0.218 e. The Balaban J connectivity index is 2.50. The molecule has 0 saturated heterocycles. The fraction of sp³-hybridized carbons (Fsp3) is 0.100. The minimum atomic E-state index is 0.302. The Morgan fingerprint density at radius 2 is 2.33 bits per heavy atom. The standard InChI is InChI=1S/C10H8N4O/c1-15-10-4-2-3-8(13-10)14-6-5-12-9(14)7-11/h2-6H,1H3. The number of nitrogens with zero attached hydrogens (tertiary/aromatic N) is 4. The summed E-state index contributed by atoms with van der Waals surface area (Å²) in [4.78, 5) is 8.08. The van der Waals surface area contributed by atoms with Gasteiger partial charge in [0.05, 0.1) is 7.11 Å². The Bertz CT molecular complexity index is 512. The van der Waals surface area contributed by atoms with Gasteiger partial charge in [0.1, 0.15) is 11.9 Å². The van der Waals surface area contributed by atoms with E-state index in [-0.39, 0.29) is 0 Å². The molecule has 5 nitrogen and oxygen atoms in total. The molecule has 0 bridgehead atoms. The largest absolute Gasteiger partial charge is 0.481 e. The number of hydrogen-bond acceptors (Lipinski definition) is 4. The van der Waals surface area contributed by atoms with Crippen LogP contribution in [0.25, 0.3) is 5.82 Å². The van der Waals surface area contributed by atoms with Crippen LogP contribution in [-0.4, -0.2) is 21.6 Å². The molecule has 2 aromatic heterocycles. The summed E-state index contributed by atoms with van der Waals surface area (Å²) >= 11 is 0. The van der Waals surface area contributed by atoms with E-state index in [1.54, 1.807) is 36.2 Å². The SMILES string of the molecule is COc1cccc(-n2ccnc2C#N)n1. The first-order valence-corrected chi connectivity index (χ1v) is 4.30. The summed E-state index contributed by atoms with van der Waals surface area (Å²) in [6, 6.07) is 7.32. The fourth-order valence-corrected chi connectivity index (χ4v) is 1.22. The molecule has 5 heteroatoms. The number of pyridine rings is 1. The van der Waals surface area contributed by atoms with Crippen LogP contribution >= 0.6 is 0 Å². The number of nitriles is 1. The van der Waals surface area contributed by atoms with Gasteiger partial charge in [0.25, 0.3) is 0 Å². The van der Waals surface area contributed by atoms with Gasteiger partial charge in [-0.3, -0.25) is 4.57 Å². The lowest BCUT2D eigenvalue weighted by molar-refractivity contribution is 0.397. The molecule has 74 valence electrons. The van der Waals surface area contributed by atoms with E-state index in [4.69, 9.17) is 10.00 Å². The summed E-state index contributed by atoms with van der Waals surface area (Å²) < 4.78 is 6.60. The van der Waals surface area contributed by atoms with E-state index in [0.717, 1.165) is 0 Å². The summed E-state index contributed by atoms with van der Waals surface area (Å²) in [6.07, 6.45) is 3.24. The van der Waals surface area contributed by atoms with Crippen LogP contribution in [0.15, 0.2) is 30.6 Å². The summed E-state index contributed by atoms with van der Waals surface area (Å²) in [5, 5.41) is 8.80. The second-order valence-electron chi connectivity index (χ2n) is 2.77. The molecular formula is C10H8N4O. The van der Waals surface area contributed by atoms with Gasteiger partial charge in [-0.1, -0.05) is 6.07 Å². The predicted molar refractivity (Wildman–Crippen MR) is 52.6 cm³/mol. The first-order chi connectivity index (χ1) is 7.35. The normalized spacial score (nSPS) is 9.60. The van der Waals surface area contributed by atoms with Crippen LogP contribution in [0.3, 0.4) is 0 Å². The number of methoxy groups -OCH3 is 1. The Labute approximate surface area is 86.6 Å². The molecule has 0 spiro atoms. The quantitative estimate of drug-likeness (QED) is 0.729. The van der Waals surface area contributed by atoms with E-state index in [9.17, 15) is 0 Å². The molecule has 0 atom stereocenters. The zero-order valence-electron chi connectivity index (χ0n) is 8.08. The molecule has 0 saturated carbocycles. The lowest BCUT2D eigenvalue weighted by Gasteiger charge is -2.04. The molecule has 2 heterocycles. The van der Waals surface area contributed by atoms with E-state index in [1.807, 2.05) is 12.1 Å². The summed E-state index contributed by atoms with van der Waals surface area (Å²) in [5.41, 5.74) is 0. The van der Waals surface area contributed by atoms with Crippen molar-refractivity contribution in [2.24, 2.45) is 0 Å². The van der Waals surface area contributed by atoms with Crippen molar-refractivity contribution in [3.63, 3.8) is 0 Å². The van der Waals surface area contributed by atoms with Gasteiger partial charge in [0.15, 0.2) is 0 Å².